The van der Waals surface area contributed by atoms with Gasteiger partial charge < -0.3 is 50.7 Å². The summed E-state index contributed by atoms with van der Waals surface area (Å²) >= 11 is 0. The molecule has 0 spiro atoms. The molecule has 0 aromatic heterocycles. The average molecular weight is 613 g/mol. The number of esters is 1. The molecule has 0 radical (unpaired) electrons. The molecule has 41 heavy (non-hydrogen) atoms. The first-order valence-corrected chi connectivity index (χ1v) is 10.5. The summed E-state index contributed by atoms with van der Waals surface area (Å²) in [5.74, 6) is -6.90. The maximum atomic E-state index is 10.5. The lowest BCUT2D eigenvalue weighted by Crippen LogP contribution is -2.03. The van der Waals surface area contributed by atoms with Gasteiger partial charge in [-0.3, -0.25) is 43.2 Å². The van der Waals surface area contributed by atoms with Gasteiger partial charge in [0, 0.05) is 68.4 Å². The Labute approximate surface area is 236 Å². The summed E-state index contributed by atoms with van der Waals surface area (Å²) in [5.41, 5.74) is 0. The molecule has 0 amide bonds. The number of carboxylic acid groups (broad SMARTS) is 8. The van der Waals surface area contributed by atoms with E-state index in [2.05, 4.69) is 4.74 Å². The van der Waals surface area contributed by atoms with Crippen molar-refractivity contribution >= 4 is 53.7 Å². The van der Waals surface area contributed by atoms with Crippen LogP contribution in [0.2, 0.25) is 0 Å². The predicted octanol–water partition coefficient (Wildman–Crippen LogP) is 1.05. The molecule has 0 aromatic carbocycles. The van der Waals surface area contributed by atoms with Crippen LogP contribution < -0.4 is 0 Å². The minimum atomic E-state index is -0.833. The molecule has 0 aromatic rings. The van der Waals surface area contributed by atoms with Crippen LogP contribution >= 0.6 is 0 Å². The van der Waals surface area contributed by atoms with Crippen LogP contribution in [0.25, 0.3) is 0 Å². The van der Waals surface area contributed by atoms with Crippen LogP contribution in [0.4, 0.5) is 0 Å². The molecule has 0 aliphatic rings. The Balaban J connectivity index is -0.0000000411. The van der Waals surface area contributed by atoms with Gasteiger partial charge in [0.15, 0.2) is 0 Å². The van der Waals surface area contributed by atoms with Gasteiger partial charge in [-0.2, -0.15) is 0 Å². The quantitative estimate of drug-likeness (QED) is 0.200. The van der Waals surface area contributed by atoms with Crippen molar-refractivity contribution in [1.29, 1.82) is 0 Å². The maximum absolute atomic E-state index is 10.5. The van der Waals surface area contributed by atoms with Crippen LogP contribution in [-0.2, 0) is 47.9 Å². The van der Waals surface area contributed by atoms with Crippen molar-refractivity contribution in [1.82, 2.24) is 0 Å². The summed E-state index contributed by atoms with van der Waals surface area (Å²) < 4.78 is 4.59. The third-order valence-electron chi connectivity index (χ3n) is 0.844. The minimum Gasteiger partial charge on any atom is -0.481 e. The van der Waals surface area contributed by atoms with E-state index in [1.165, 1.54) is 0 Å². The summed E-state index contributed by atoms with van der Waals surface area (Å²) in [7, 11) is 0. The normalized spacial score (nSPS) is 6.88. The van der Waals surface area contributed by atoms with E-state index in [-0.39, 0.29) is 12.6 Å². The Bertz CT molecular complexity index is 523. The summed E-state index contributed by atoms with van der Waals surface area (Å²) in [6.45, 7) is 10.9. The van der Waals surface area contributed by atoms with Crippen LogP contribution in [0.5, 0.6) is 0 Å². The van der Waals surface area contributed by atoms with E-state index in [1.54, 1.807) is 6.92 Å². The zero-order valence-electron chi connectivity index (χ0n) is 24.4. The van der Waals surface area contributed by atoms with Crippen molar-refractivity contribution in [2.75, 3.05) is 13.2 Å². The van der Waals surface area contributed by atoms with Crippen LogP contribution in [0.15, 0.2) is 0 Å². The Hall–Kier alpha value is -4.81. The lowest BCUT2D eigenvalue weighted by Gasteiger charge is -1.97. The molecule has 19 nitrogen and oxygen atoms in total. The van der Waals surface area contributed by atoms with Crippen molar-refractivity contribution in [3.63, 3.8) is 0 Å². The third kappa shape index (κ3) is 8080. The second kappa shape index (κ2) is 55.6. The lowest BCUT2D eigenvalue weighted by atomic mass is 10.3. The Kier molecular flexibility index (Phi) is 82.3. The number of carbonyl (C=O) groups excluding carboxylic acids is 1. The summed E-state index contributed by atoms with van der Waals surface area (Å²) in [6.07, 6.45) is 0.823. The second-order valence-electron chi connectivity index (χ2n) is 5.78. The van der Waals surface area contributed by atoms with Gasteiger partial charge >= 0.3 is 5.97 Å². The van der Waals surface area contributed by atoms with Crippen molar-refractivity contribution < 1.29 is 93.8 Å². The van der Waals surface area contributed by atoms with Gasteiger partial charge in [-0.15, -0.1) is 0 Å². The van der Waals surface area contributed by atoms with E-state index >= 15 is 0 Å². The topological polar surface area (TPSA) is 345 Å². The van der Waals surface area contributed by atoms with Gasteiger partial charge in [0.25, 0.3) is 47.8 Å². The number of aliphatic hydroxyl groups excluding tert-OH is 1. The summed E-state index contributed by atoms with van der Waals surface area (Å²) in [6, 6.07) is 0. The van der Waals surface area contributed by atoms with Gasteiger partial charge in [0.2, 0.25) is 0 Å². The smallest absolute Gasteiger partial charge is 0.305 e. The third-order valence-corrected chi connectivity index (χ3v) is 0.844. The number of aliphatic carboxylic acids is 8. The van der Waals surface area contributed by atoms with Crippen molar-refractivity contribution in [2.24, 2.45) is 0 Å². The monoisotopic (exact) mass is 612 g/mol. The number of carbonyl (C=O) groups is 9. The maximum Gasteiger partial charge on any atom is 0.305 e. The fourth-order valence-electron chi connectivity index (χ4n) is 0.457. The molecule has 246 valence electrons. The number of carboxylic acids is 8. The molecule has 0 fully saturated rings. The molecule has 0 heterocycles. The van der Waals surface area contributed by atoms with E-state index in [0.717, 1.165) is 55.4 Å². The van der Waals surface area contributed by atoms with Crippen LogP contribution in [0.3, 0.4) is 0 Å². The molecular formula is C22H44O19. The first-order valence-electron chi connectivity index (χ1n) is 10.5. The second-order valence-corrected chi connectivity index (χ2v) is 5.78. The highest BCUT2D eigenvalue weighted by molar-refractivity contribution is 5.69. The van der Waals surface area contributed by atoms with E-state index in [9.17, 15) is 4.79 Å². The fourth-order valence-corrected chi connectivity index (χ4v) is 0.457. The lowest BCUT2D eigenvalue weighted by molar-refractivity contribution is -0.143. The van der Waals surface area contributed by atoms with Gasteiger partial charge in [0.1, 0.15) is 0 Å². The van der Waals surface area contributed by atoms with Gasteiger partial charge in [-0.1, -0.05) is 0 Å². The van der Waals surface area contributed by atoms with E-state index in [1.807, 2.05) is 0 Å². The molecule has 0 aliphatic heterocycles. The van der Waals surface area contributed by atoms with Gasteiger partial charge in [0.05, 0.1) is 6.61 Å². The summed E-state index contributed by atoms with van der Waals surface area (Å²) in [4.78, 5) is 82.5. The minimum absolute atomic E-state index is 0.0544. The average Bonchev–Trinajstić information content (AvgIpc) is 2.63. The highest BCUT2D eigenvalue weighted by Gasteiger charge is 1.98. The number of hydrogen-bond acceptors (Lipinski definition) is 11. The largest absolute Gasteiger partial charge is 0.481 e. The van der Waals surface area contributed by atoms with E-state index in [4.69, 9.17) is 84.3 Å². The molecule has 19 heteroatoms. The first kappa shape index (κ1) is 60.6. The van der Waals surface area contributed by atoms with Crippen LogP contribution in [0, 0.1) is 0 Å². The number of hydrogen-bond donors (Lipinski definition) is 9. The zero-order chi connectivity index (χ0) is 35.7. The molecular weight excluding hydrogens is 568 g/mol. The van der Waals surface area contributed by atoms with Crippen molar-refractivity contribution in [3.8, 4) is 0 Å². The Morgan fingerprint density at radius 3 is 0.683 bits per heavy atom. The Morgan fingerprint density at radius 1 is 0.439 bits per heavy atom. The number of aliphatic hydroxyl groups is 1. The van der Waals surface area contributed by atoms with Crippen molar-refractivity contribution in [2.45, 2.75) is 75.2 Å². The van der Waals surface area contributed by atoms with Crippen molar-refractivity contribution in [3.05, 3.63) is 0 Å². The van der Waals surface area contributed by atoms with Gasteiger partial charge in [-0.05, 0) is 13.3 Å². The molecule has 0 aliphatic carbocycles. The Morgan fingerprint density at radius 2 is 0.585 bits per heavy atom. The van der Waals surface area contributed by atoms with E-state index in [0.29, 0.717) is 19.4 Å². The fraction of sp³-hybridized carbons (Fsp3) is 0.591. The molecule has 0 rings (SSSR count). The molecule has 0 atom stereocenters. The highest BCUT2D eigenvalue weighted by atomic mass is 16.5. The SMILES string of the molecule is CC(=O)O.CC(=O)O.CC(=O)O.CC(=O)O.CC(=O)O.CC(=O)O.CC(=O)O.CC(=O)O.CCOC(=O)CCCO. The number of rotatable bonds is 4. The van der Waals surface area contributed by atoms with Gasteiger partial charge in [-0.25, -0.2) is 0 Å². The molecule has 0 unspecified atom stereocenters. The molecule has 0 bridgehead atoms. The van der Waals surface area contributed by atoms with E-state index < -0.39 is 47.8 Å². The summed E-state index contributed by atoms with van der Waals surface area (Å²) in [5, 5.41) is 67.6. The molecule has 0 saturated heterocycles. The van der Waals surface area contributed by atoms with Crippen LogP contribution in [-0.4, -0.2) is 113 Å². The highest BCUT2D eigenvalue weighted by Crippen LogP contribution is 1.90. The molecule has 0 saturated carbocycles. The number of ether oxygens (including phenoxy) is 1. The molecule has 9 N–H and O–H groups in total. The first-order chi connectivity index (χ1) is 18.2. The standard InChI is InChI=1S/C6H12O3.8C2H4O2/c1-2-9-6(8)4-3-5-7;8*1-2(3)4/h7H,2-5H2,1H3;8*1H3,(H,3,4). The zero-order valence-corrected chi connectivity index (χ0v) is 24.4. The predicted molar refractivity (Wildman–Crippen MR) is 139 cm³/mol. The van der Waals surface area contributed by atoms with Crippen LogP contribution in [0.1, 0.15) is 75.2 Å².